The lowest BCUT2D eigenvalue weighted by Crippen LogP contribution is -2.40. The zero-order valence-corrected chi connectivity index (χ0v) is 13.4. The lowest BCUT2D eigenvalue weighted by molar-refractivity contribution is -0.688. The second kappa shape index (κ2) is 6.66. The number of nitrogens with zero attached hydrogens (tertiary/aromatic N) is 2. The van der Waals surface area contributed by atoms with Gasteiger partial charge in [0.05, 0.1) is 18.1 Å². The number of sulfonamides is 1. The fourth-order valence-electron chi connectivity index (χ4n) is 2.56. The molecule has 0 unspecified atom stereocenters. The van der Waals surface area contributed by atoms with Crippen LogP contribution >= 0.6 is 0 Å². The van der Waals surface area contributed by atoms with Crippen LogP contribution in [0.15, 0.2) is 53.7 Å². The first kappa shape index (κ1) is 15.9. The fourth-order valence-corrected chi connectivity index (χ4v) is 4.04. The molecular formula is C16H19N2O4S+. The third-order valence-corrected chi connectivity index (χ3v) is 5.61. The summed E-state index contributed by atoms with van der Waals surface area (Å²) in [6, 6.07) is 10.2. The van der Waals surface area contributed by atoms with Crippen LogP contribution in [-0.4, -0.2) is 44.1 Å². The van der Waals surface area contributed by atoms with Gasteiger partial charge in [0.25, 0.3) is 0 Å². The molecule has 3 rings (SSSR count). The zero-order valence-electron chi connectivity index (χ0n) is 12.6. The van der Waals surface area contributed by atoms with Crippen LogP contribution in [0.1, 0.15) is 5.56 Å². The first-order valence-corrected chi connectivity index (χ1v) is 8.85. The molecule has 1 aromatic heterocycles. The second-order valence-corrected chi connectivity index (χ2v) is 7.34. The number of aromatic nitrogens is 1. The van der Waals surface area contributed by atoms with E-state index in [1.807, 2.05) is 12.3 Å². The quantitative estimate of drug-likeness (QED) is 0.837. The highest BCUT2D eigenvalue weighted by Crippen LogP contribution is 2.18. The van der Waals surface area contributed by atoms with Gasteiger partial charge in [-0.2, -0.15) is 8.87 Å². The number of pyridine rings is 1. The van der Waals surface area contributed by atoms with Gasteiger partial charge >= 0.3 is 0 Å². The van der Waals surface area contributed by atoms with Gasteiger partial charge in [-0.3, -0.25) is 0 Å². The highest BCUT2D eigenvalue weighted by atomic mass is 32.2. The maximum atomic E-state index is 12.7. The molecule has 1 saturated heterocycles. The smallest absolute Gasteiger partial charge is 0.243 e. The molecular weight excluding hydrogens is 316 g/mol. The molecule has 0 radical (unpaired) electrons. The first-order valence-electron chi connectivity index (χ1n) is 7.41. The molecule has 122 valence electrons. The molecule has 23 heavy (non-hydrogen) atoms. The predicted octanol–water partition coefficient (Wildman–Crippen LogP) is 0.749. The van der Waals surface area contributed by atoms with E-state index in [1.54, 1.807) is 41.1 Å². The van der Waals surface area contributed by atoms with Gasteiger partial charge in [0.2, 0.25) is 16.2 Å². The molecule has 0 saturated carbocycles. The maximum absolute atomic E-state index is 12.7. The molecule has 1 aliphatic rings. The van der Waals surface area contributed by atoms with Crippen molar-refractivity contribution < 1.29 is 22.8 Å². The summed E-state index contributed by atoms with van der Waals surface area (Å²) >= 11 is 0. The van der Waals surface area contributed by atoms with E-state index in [-0.39, 0.29) is 10.6 Å². The standard InChI is InChI=1S/C16H18N2O4S/c19-15-4-2-6-17(13-15)12-14-3-1-5-16(11-14)23(20,21)18-7-9-22-10-8-18/h1-6,11,13H,7-10,12H2/p+1. The van der Waals surface area contributed by atoms with E-state index < -0.39 is 10.0 Å². The van der Waals surface area contributed by atoms with Gasteiger partial charge in [-0.15, -0.1) is 0 Å². The molecule has 1 aromatic carbocycles. The van der Waals surface area contributed by atoms with Gasteiger partial charge in [0, 0.05) is 24.7 Å². The minimum absolute atomic E-state index is 0.171. The van der Waals surface area contributed by atoms with E-state index in [2.05, 4.69) is 0 Å². The summed E-state index contributed by atoms with van der Waals surface area (Å²) in [4.78, 5) is 0.289. The summed E-state index contributed by atoms with van der Waals surface area (Å²) in [7, 11) is -3.49. The van der Waals surface area contributed by atoms with Crippen LogP contribution in [0.3, 0.4) is 0 Å². The normalized spacial score (nSPS) is 16.3. The molecule has 7 heteroatoms. The van der Waals surface area contributed by atoms with E-state index in [0.29, 0.717) is 32.8 Å². The van der Waals surface area contributed by atoms with Crippen molar-refractivity contribution in [2.24, 2.45) is 0 Å². The number of hydrogen-bond donors (Lipinski definition) is 1. The molecule has 1 fully saturated rings. The van der Waals surface area contributed by atoms with Gasteiger partial charge in [-0.05, 0) is 18.2 Å². The Bertz CT molecular complexity index is 786. The van der Waals surface area contributed by atoms with Crippen LogP contribution in [0, 0.1) is 0 Å². The molecule has 0 bridgehead atoms. The minimum Gasteiger partial charge on any atom is -0.503 e. The average molecular weight is 335 g/mol. The van der Waals surface area contributed by atoms with Crippen LogP contribution < -0.4 is 4.57 Å². The third-order valence-electron chi connectivity index (χ3n) is 3.71. The van der Waals surface area contributed by atoms with Crippen molar-refractivity contribution in [3.05, 3.63) is 54.4 Å². The summed E-state index contributed by atoms with van der Waals surface area (Å²) in [6.45, 7) is 2.11. The first-order chi connectivity index (χ1) is 11.1. The number of hydrogen-bond acceptors (Lipinski definition) is 4. The van der Waals surface area contributed by atoms with Crippen molar-refractivity contribution in [3.8, 4) is 5.75 Å². The Labute approximate surface area is 135 Å². The van der Waals surface area contributed by atoms with Crippen molar-refractivity contribution >= 4 is 10.0 Å². The van der Waals surface area contributed by atoms with Gasteiger partial charge in [-0.1, -0.05) is 12.1 Å². The topological polar surface area (TPSA) is 70.7 Å². The van der Waals surface area contributed by atoms with E-state index in [9.17, 15) is 13.5 Å². The van der Waals surface area contributed by atoms with Crippen molar-refractivity contribution in [1.82, 2.24) is 4.31 Å². The Hall–Kier alpha value is -1.96. The van der Waals surface area contributed by atoms with Gasteiger partial charge in [-0.25, -0.2) is 8.42 Å². The lowest BCUT2D eigenvalue weighted by atomic mass is 10.2. The number of rotatable bonds is 4. The largest absolute Gasteiger partial charge is 0.503 e. The summed E-state index contributed by atoms with van der Waals surface area (Å²) < 4.78 is 33.8. The molecule has 1 aliphatic heterocycles. The monoisotopic (exact) mass is 335 g/mol. The number of ether oxygens (including phenoxy) is 1. The zero-order chi connectivity index (χ0) is 16.3. The van der Waals surface area contributed by atoms with Crippen LogP contribution in [0.5, 0.6) is 5.75 Å². The SMILES string of the molecule is O=S(=O)(c1cccc(C[n+]2cccc(O)c2)c1)N1CCOCC1. The highest BCUT2D eigenvalue weighted by molar-refractivity contribution is 7.89. The van der Waals surface area contributed by atoms with Crippen molar-refractivity contribution in [2.45, 2.75) is 11.4 Å². The van der Waals surface area contributed by atoms with Crippen molar-refractivity contribution in [1.29, 1.82) is 0 Å². The predicted molar refractivity (Wildman–Crippen MR) is 83.4 cm³/mol. The summed E-state index contributed by atoms with van der Waals surface area (Å²) in [5.74, 6) is 0.171. The van der Waals surface area contributed by atoms with E-state index in [0.717, 1.165) is 5.56 Å². The van der Waals surface area contributed by atoms with Gasteiger partial charge in [0.15, 0.2) is 18.5 Å². The van der Waals surface area contributed by atoms with E-state index >= 15 is 0 Å². The molecule has 2 aromatic rings. The molecule has 2 heterocycles. The average Bonchev–Trinajstić information content (AvgIpc) is 2.56. The summed E-state index contributed by atoms with van der Waals surface area (Å²) in [5.41, 5.74) is 0.856. The van der Waals surface area contributed by atoms with Crippen molar-refractivity contribution in [2.75, 3.05) is 26.3 Å². The molecule has 0 spiro atoms. The van der Waals surface area contributed by atoms with Gasteiger partial charge < -0.3 is 9.84 Å². The number of morpholine rings is 1. The number of aromatic hydroxyl groups is 1. The second-order valence-electron chi connectivity index (χ2n) is 5.40. The van der Waals surface area contributed by atoms with Crippen LogP contribution in [0.4, 0.5) is 0 Å². The van der Waals surface area contributed by atoms with Crippen LogP contribution in [0.25, 0.3) is 0 Å². The Balaban J connectivity index is 1.84. The Kier molecular flexibility index (Phi) is 4.61. The van der Waals surface area contributed by atoms with Crippen molar-refractivity contribution in [3.63, 3.8) is 0 Å². The molecule has 0 atom stereocenters. The summed E-state index contributed by atoms with van der Waals surface area (Å²) in [6.07, 6.45) is 3.42. The molecule has 0 aliphatic carbocycles. The number of benzene rings is 1. The summed E-state index contributed by atoms with van der Waals surface area (Å²) in [5, 5.41) is 9.51. The molecule has 6 nitrogen and oxygen atoms in total. The Morgan fingerprint density at radius 2 is 1.96 bits per heavy atom. The third kappa shape index (κ3) is 3.69. The van der Waals surface area contributed by atoms with Crippen LogP contribution in [-0.2, 0) is 21.3 Å². The molecule has 1 N–H and O–H groups in total. The molecule has 0 amide bonds. The van der Waals surface area contributed by atoms with Crippen LogP contribution in [0.2, 0.25) is 0 Å². The maximum Gasteiger partial charge on any atom is 0.243 e. The van der Waals surface area contributed by atoms with E-state index in [1.165, 1.54) is 4.31 Å². The Morgan fingerprint density at radius 3 is 2.70 bits per heavy atom. The fraction of sp³-hybridized carbons (Fsp3) is 0.312. The minimum atomic E-state index is -3.49. The van der Waals surface area contributed by atoms with E-state index in [4.69, 9.17) is 4.74 Å². The lowest BCUT2D eigenvalue weighted by Gasteiger charge is -2.26. The highest BCUT2D eigenvalue weighted by Gasteiger charge is 2.26. The van der Waals surface area contributed by atoms with Gasteiger partial charge in [0.1, 0.15) is 0 Å². The Morgan fingerprint density at radius 1 is 1.17 bits per heavy atom.